The number of carbonyl (C=O) groups excluding carboxylic acids is 1. The fraction of sp³-hybridized carbons (Fsp3) is 0.600. The summed E-state index contributed by atoms with van der Waals surface area (Å²) < 4.78 is 37.0. The number of amides is 1. The highest BCUT2D eigenvalue weighted by Crippen LogP contribution is 2.22. The maximum Gasteiger partial charge on any atom is 0.406 e. The van der Waals surface area contributed by atoms with E-state index in [1.54, 1.807) is 13.8 Å². The van der Waals surface area contributed by atoms with E-state index in [-0.39, 0.29) is 11.4 Å². The third-order valence-corrected chi connectivity index (χ3v) is 3.19. The van der Waals surface area contributed by atoms with Crippen LogP contribution < -0.4 is 0 Å². The van der Waals surface area contributed by atoms with E-state index in [2.05, 4.69) is 4.98 Å². The standard InChI is InChI=1S/C10H13F3N2O2S/c1-6-8(18-7(2)14-6)9(17)15(3-4-16)5-10(11,12)13/h16H,3-5H2,1-2H3. The Labute approximate surface area is 106 Å². The van der Waals surface area contributed by atoms with Gasteiger partial charge in [-0.15, -0.1) is 11.3 Å². The molecule has 0 spiro atoms. The molecule has 1 aromatic heterocycles. The number of aliphatic hydroxyl groups excluding tert-OH is 1. The number of aliphatic hydroxyl groups is 1. The van der Waals surface area contributed by atoms with Gasteiger partial charge in [-0.05, 0) is 13.8 Å². The van der Waals surface area contributed by atoms with Gasteiger partial charge in [0.05, 0.1) is 17.3 Å². The summed E-state index contributed by atoms with van der Waals surface area (Å²) in [5.74, 6) is -0.746. The maximum atomic E-state index is 12.3. The van der Waals surface area contributed by atoms with Crippen molar-refractivity contribution < 1.29 is 23.1 Å². The summed E-state index contributed by atoms with van der Waals surface area (Å²) >= 11 is 1.05. The van der Waals surface area contributed by atoms with Gasteiger partial charge in [-0.25, -0.2) is 4.98 Å². The van der Waals surface area contributed by atoms with Crippen LogP contribution in [0.25, 0.3) is 0 Å². The van der Waals surface area contributed by atoms with Gasteiger partial charge < -0.3 is 10.0 Å². The predicted molar refractivity (Wildman–Crippen MR) is 60.6 cm³/mol. The molecule has 0 saturated carbocycles. The van der Waals surface area contributed by atoms with Crippen molar-refractivity contribution in [3.63, 3.8) is 0 Å². The average molecular weight is 282 g/mol. The number of aromatic nitrogens is 1. The molecule has 0 aliphatic heterocycles. The molecule has 0 radical (unpaired) electrons. The molecule has 0 unspecified atom stereocenters. The van der Waals surface area contributed by atoms with Gasteiger partial charge in [0, 0.05) is 6.54 Å². The number of rotatable bonds is 4. The van der Waals surface area contributed by atoms with Crippen LogP contribution in [-0.2, 0) is 0 Å². The first-order valence-corrected chi connectivity index (χ1v) is 5.97. The molecule has 4 nitrogen and oxygen atoms in total. The van der Waals surface area contributed by atoms with Crippen molar-refractivity contribution >= 4 is 17.2 Å². The van der Waals surface area contributed by atoms with Gasteiger partial charge in [0.15, 0.2) is 0 Å². The number of aryl methyl sites for hydroxylation is 2. The van der Waals surface area contributed by atoms with Gasteiger partial charge in [0.2, 0.25) is 0 Å². The SMILES string of the molecule is Cc1nc(C)c(C(=O)N(CCO)CC(F)(F)F)s1. The van der Waals surface area contributed by atoms with Gasteiger partial charge in [0.25, 0.3) is 5.91 Å². The number of nitrogens with zero attached hydrogens (tertiary/aromatic N) is 2. The van der Waals surface area contributed by atoms with Crippen LogP contribution in [0.1, 0.15) is 20.4 Å². The molecule has 0 atom stereocenters. The smallest absolute Gasteiger partial charge is 0.395 e. The second-order valence-corrected chi connectivity index (χ2v) is 4.92. The molecule has 0 fully saturated rings. The van der Waals surface area contributed by atoms with Crippen molar-refractivity contribution in [2.75, 3.05) is 19.7 Å². The van der Waals surface area contributed by atoms with E-state index in [4.69, 9.17) is 5.11 Å². The highest BCUT2D eigenvalue weighted by atomic mass is 32.1. The van der Waals surface area contributed by atoms with Crippen LogP contribution in [0.4, 0.5) is 13.2 Å². The molecule has 0 aromatic carbocycles. The summed E-state index contributed by atoms with van der Waals surface area (Å²) in [5.41, 5.74) is 0.410. The van der Waals surface area contributed by atoms with E-state index >= 15 is 0 Å². The molecule has 1 N–H and O–H groups in total. The van der Waals surface area contributed by atoms with Gasteiger partial charge in [-0.2, -0.15) is 13.2 Å². The zero-order valence-corrected chi connectivity index (χ0v) is 10.7. The molecule has 0 aliphatic carbocycles. The van der Waals surface area contributed by atoms with Crippen molar-refractivity contribution in [2.45, 2.75) is 20.0 Å². The number of carbonyl (C=O) groups is 1. The number of hydrogen-bond acceptors (Lipinski definition) is 4. The van der Waals surface area contributed by atoms with Crippen LogP contribution in [0.15, 0.2) is 0 Å². The van der Waals surface area contributed by atoms with Crippen molar-refractivity contribution in [2.24, 2.45) is 0 Å². The van der Waals surface area contributed by atoms with Gasteiger partial charge >= 0.3 is 6.18 Å². The Hall–Kier alpha value is -1.15. The first kappa shape index (κ1) is 14.9. The monoisotopic (exact) mass is 282 g/mol. The van der Waals surface area contributed by atoms with Crippen molar-refractivity contribution in [1.29, 1.82) is 0 Å². The van der Waals surface area contributed by atoms with Crippen LogP contribution in [-0.4, -0.2) is 46.8 Å². The summed E-state index contributed by atoms with van der Waals surface area (Å²) in [5, 5.41) is 9.35. The molecular weight excluding hydrogens is 269 g/mol. The molecule has 18 heavy (non-hydrogen) atoms. The Kier molecular flexibility index (Phi) is 4.69. The maximum absolute atomic E-state index is 12.3. The quantitative estimate of drug-likeness (QED) is 0.915. The normalized spacial score (nSPS) is 11.7. The lowest BCUT2D eigenvalue weighted by molar-refractivity contribution is -0.141. The topological polar surface area (TPSA) is 53.4 Å². The minimum absolute atomic E-state index is 0.185. The lowest BCUT2D eigenvalue weighted by Crippen LogP contribution is -2.40. The van der Waals surface area contributed by atoms with E-state index in [1.807, 2.05) is 0 Å². The van der Waals surface area contributed by atoms with Crippen LogP contribution in [0.2, 0.25) is 0 Å². The van der Waals surface area contributed by atoms with Crippen molar-refractivity contribution in [1.82, 2.24) is 9.88 Å². The molecular formula is C10H13F3N2O2S. The molecule has 1 heterocycles. The number of thiazole rings is 1. The minimum atomic E-state index is -4.49. The summed E-state index contributed by atoms with van der Waals surface area (Å²) in [6.07, 6.45) is -4.49. The Morgan fingerprint density at radius 3 is 2.44 bits per heavy atom. The zero-order chi connectivity index (χ0) is 13.9. The van der Waals surface area contributed by atoms with Gasteiger partial charge in [0.1, 0.15) is 11.4 Å². The zero-order valence-electron chi connectivity index (χ0n) is 9.91. The van der Waals surface area contributed by atoms with Crippen LogP contribution in [0.3, 0.4) is 0 Å². The van der Waals surface area contributed by atoms with E-state index in [1.165, 1.54) is 0 Å². The van der Waals surface area contributed by atoms with E-state index in [0.717, 1.165) is 11.3 Å². The molecule has 102 valence electrons. The summed E-state index contributed by atoms with van der Waals surface area (Å²) in [7, 11) is 0. The minimum Gasteiger partial charge on any atom is -0.395 e. The van der Waals surface area contributed by atoms with Crippen molar-refractivity contribution in [3.05, 3.63) is 15.6 Å². The lowest BCUT2D eigenvalue weighted by atomic mass is 10.3. The summed E-state index contributed by atoms with van der Waals surface area (Å²) in [6.45, 7) is 1.01. The fourth-order valence-electron chi connectivity index (χ4n) is 1.46. The third kappa shape index (κ3) is 3.95. The van der Waals surface area contributed by atoms with Crippen LogP contribution in [0, 0.1) is 13.8 Å². The second kappa shape index (κ2) is 5.66. The average Bonchev–Trinajstić information content (AvgIpc) is 2.54. The Morgan fingerprint density at radius 1 is 1.44 bits per heavy atom. The fourth-order valence-corrected chi connectivity index (χ4v) is 2.35. The van der Waals surface area contributed by atoms with Crippen LogP contribution >= 0.6 is 11.3 Å². The highest BCUT2D eigenvalue weighted by Gasteiger charge is 2.34. The van der Waals surface area contributed by atoms with E-state index < -0.39 is 25.2 Å². The highest BCUT2D eigenvalue weighted by molar-refractivity contribution is 7.13. The third-order valence-electron chi connectivity index (χ3n) is 2.13. The van der Waals surface area contributed by atoms with Crippen LogP contribution in [0.5, 0.6) is 0 Å². The van der Waals surface area contributed by atoms with Crippen molar-refractivity contribution in [3.8, 4) is 0 Å². The molecule has 1 aromatic rings. The number of halogens is 3. The number of alkyl halides is 3. The first-order chi connectivity index (χ1) is 8.24. The molecule has 0 saturated heterocycles. The van der Waals surface area contributed by atoms with Gasteiger partial charge in [-0.1, -0.05) is 0 Å². The Morgan fingerprint density at radius 2 is 2.06 bits per heavy atom. The largest absolute Gasteiger partial charge is 0.406 e. The molecule has 0 bridgehead atoms. The summed E-state index contributed by atoms with van der Waals surface area (Å²) in [6, 6.07) is 0. The molecule has 0 aliphatic rings. The van der Waals surface area contributed by atoms with E-state index in [9.17, 15) is 18.0 Å². The Bertz CT molecular complexity index is 431. The number of hydrogen-bond donors (Lipinski definition) is 1. The molecule has 8 heteroatoms. The molecule has 1 rings (SSSR count). The first-order valence-electron chi connectivity index (χ1n) is 5.15. The molecule has 1 amide bonds. The second-order valence-electron chi connectivity index (χ2n) is 3.71. The summed E-state index contributed by atoms with van der Waals surface area (Å²) in [4.78, 5) is 16.7. The lowest BCUT2D eigenvalue weighted by Gasteiger charge is -2.22. The Balaban J connectivity index is 2.92. The van der Waals surface area contributed by atoms with Gasteiger partial charge in [-0.3, -0.25) is 4.79 Å². The predicted octanol–water partition coefficient (Wildman–Crippen LogP) is 1.76. The van der Waals surface area contributed by atoms with E-state index in [0.29, 0.717) is 15.6 Å².